The molecule has 0 aliphatic heterocycles. The maximum absolute atomic E-state index is 12.6. The minimum absolute atomic E-state index is 0.0569. The van der Waals surface area contributed by atoms with Gasteiger partial charge in [-0.3, -0.25) is 4.79 Å². The predicted molar refractivity (Wildman–Crippen MR) is 76.2 cm³/mol. The summed E-state index contributed by atoms with van der Waals surface area (Å²) in [5, 5.41) is 7.79. The molecule has 0 aromatic rings. The minimum Gasteiger partial charge on any atom is -0.355 e. The highest BCUT2D eigenvalue weighted by Crippen LogP contribution is 2.65. The number of amides is 1. The van der Waals surface area contributed by atoms with Gasteiger partial charge in [0.05, 0.1) is 11.2 Å². The number of rotatable bonds is 4. The quantitative estimate of drug-likeness (QED) is 0.811. The summed E-state index contributed by atoms with van der Waals surface area (Å²) in [6.45, 7) is 2.45. The van der Waals surface area contributed by atoms with Crippen molar-refractivity contribution >= 4 is 15.9 Å². The average Bonchev–Trinajstić information content (AvgIpc) is 2.23. The molecule has 4 saturated carbocycles. The third-order valence-electron chi connectivity index (χ3n) is 5.51. The summed E-state index contributed by atoms with van der Waals surface area (Å²) in [6, 6.07) is 0. The molecule has 6 heteroatoms. The highest BCUT2D eigenvalue weighted by Gasteiger charge is 2.58. The van der Waals surface area contributed by atoms with Crippen LogP contribution in [0.25, 0.3) is 0 Å². The van der Waals surface area contributed by atoms with E-state index in [2.05, 4.69) is 12.2 Å². The van der Waals surface area contributed by atoms with Gasteiger partial charge in [-0.2, -0.15) is 0 Å². The second kappa shape index (κ2) is 4.44. The summed E-state index contributed by atoms with van der Waals surface area (Å²) < 4.78 is 21.9. The fourth-order valence-corrected chi connectivity index (χ4v) is 5.87. The van der Waals surface area contributed by atoms with E-state index in [0.717, 1.165) is 19.3 Å². The Bertz CT molecular complexity index is 515. The number of sulfonamides is 1. The first-order valence-electron chi connectivity index (χ1n) is 7.49. The molecule has 4 rings (SSSR count). The summed E-state index contributed by atoms with van der Waals surface area (Å²) in [6.07, 6.45) is 6.74. The first kappa shape index (κ1) is 14.3. The zero-order valence-corrected chi connectivity index (χ0v) is 12.8. The Hall–Kier alpha value is -0.620. The molecule has 0 aromatic carbocycles. The van der Waals surface area contributed by atoms with Crippen LogP contribution in [0.3, 0.4) is 0 Å². The van der Waals surface area contributed by atoms with Crippen LogP contribution >= 0.6 is 0 Å². The van der Waals surface area contributed by atoms with Crippen LogP contribution < -0.4 is 10.5 Å². The molecule has 0 aromatic heterocycles. The first-order chi connectivity index (χ1) is 9.20. The molecule has 5 nitrogen and oxygen atoms in total. The molecule has 20 heavy (non-hydrogen) atoms. The highest BCUT2D eigenvalue weighted by molar-refractivity contribution is 7.89. The Morgan fingerprint density at radius 1 is 1.25 bits per heavy atom. The van der Waals surface area contributed by atoms with Gasteiger partial charge in [-0.05, 0) is 55.8 Å². The van der Waals surface area contributed by atoms with Gasteiger partial charge >= 0.3 is 0 Å². The number of carbonyl (C=O) groups is 1. The molecule has 4 fully saturated rings. The molecule has 4 aliphatic rings. The van der Waals surface area contributed by atoms with E-state index in [1.807, 2.05) is 0 Å². The minimum atomic E-state index is -3.50. The fourth-order valence-electron chi connectivity index (χ4n) is 5.48. The van der Waals surface area contributed by atoms with Crippen LogP contribution in [0.1, 0.15) is 45.4 Å². The molecule has 0 heterocycles. The normalized spacial score (nSPS) is 42.7. The van der Waals surface area contributed by atoms with Crippen LogP contribution in [0, 0.1) is 22.7 Å². The van der Waals surface area contributed by atoms with E-state index in [-0.39, 0.29) is 23.6 Å². The standard InChI is InChI=1S/C14H24N2O3S/c1-13-5-10-4-11(6-13)8-14(7-10,9-13)12(17)16-2-3-20(15,18)19/h10-11H,2-9H2,1H3,(H,16,17)(H2,15,18,19). The van der Waals surface area contributed by atoms with Crippen molar-refractivity contribution in [2.24, 2.45) is 27.8 Å². The molecule has 2 atom stereocenters. The van der Waals surface area contributed by atoms with Crippen LogP contribution in [0.2, 0.25) is 0 Å². The summed E-state index contributed by atoms with van der Waals surface area (Å²) in [5.74, 6) is 1.25. The zero-order valence-electron chi connectivity index (χ0n) is 12.0. The van der Waals surface area contributed by atoms with Gasteiger partial charge in [0, 0.05) is 6.54 Å². The number of nitrogens with one attached hydrogen (secondary N) is 1. The van der Waals surface area contributed by atoms with Gasteiger partial charge in [-0.1, -0.05) is 6.92 Å². The largest absolute Gasteiger partial charge is 0.355 e. The molecule has 0 spiro atoms. The molecule has 3 N–H and O–H groups in total. The number of hydrogen-bond acceptors (Lipinski definition) is 3. The van der Waals surface area contributed by atoms with E-state index >= 15 is 0 Å². The van der Waals surface area contributed by atoms with Crippen molar-refractivity contribution in [3.8, 4) is 0 Å². The fraction of sp³-hybridized carbons (Fsp3) is 0.929. The van der Waals surface area contributed by atoms with Crippen molar-refractivity contribution in [1.29, 1.82) is 0 Å². The van der Waals surface area contributed by atoms with Gasteiger partial charge in [-0.15, -0.1) is 0 Å². The van der Waals surface area contributed by atoms with Crippen LogP contribution in [-0.2, 0) is 14.8 Å². The lowest BCUT2D eigenvalue weighted by Crippen LogP contribution is -2.57. The number of nitrogens with two attached hydrogens (primary N) is 1. The van der Waals surface area contributed by atoms with Gasteiger partial charge in [0.2, 0.25) is 15.9 Å². The summed E-state index contributed by atoms with van der Waals surface area (Å²) in [5.41, 5.74) is 0.0819. The molecule has 0 radical (unpaired) electrons. The molecule has 2 unspecified atom stereocenters. The second-order valence-corrected chi connectivity index (χ2v) is 9.41. The van der Waals surface area contributed by atoms with Crippen LogP contribution in [0.15, 0.2) is 0 Å². The van der Waals surface area contributed by atoms with Gasteiger partial charge in [0.25, 0.3) is 0 Å². The van der Waals surface area contributed by atoms with Gasteiger partial charge in [0.1, 0.15) is 0 Å². The van der Waals surface area contributed by atoms with E-state index in [0.29, 0.717) is 17.3 Å². The monoisotopic (exact) mass is 300 g/mol. The third-order valence-corrected chi connectivity index (χ3v) is 6.28. The summed E-state index contributed by atoms with van der Waals surface area (Å²) >= 11 is 0. The van der Waals surface area contributed by atoms with E-state index in [1.54, 1.807) is 0 Å². The Balaban J connectivity index is 1.68. The van der Waals surface area contributed by atoms with Crippen LogP contribution in [-0.4, -0.2) is 26.6 Å². The van der Waals surface area contributed by atoms with Gasteiger partial charge < -0.3 is 5.32 Å². The third kappa shape index (κ3) is 2.60. The SMILES string of the molecule is CC12CC3CC(C1)CC(C(=O)NCCS(N)(=O)=O)(C3)C2. The smallest absolute Gasteiger partial charge is 0.226 e. The second-order valence-electron chi connectivity index (χ2n) is 7.67. The Morgan fingerprint density at radius 2 is 1.85 bits per heavy atom. The lowest BCUT2D eigenvalue weighted by Gasteiger charge is -2.60. The van der Waals surface area contributed by atoms with Gasteiger partial charge in [0.15, 0.2) is 0 Å². The highest BCUT2D eigenvalue weighted by atomic mass is 32.2. The van der Waals surface area contributed by atoms with Gasteiger partial charge in [-0.25, -0.2) is 13.6 Å². The number of carbonyl (C=O) groups excluding carboxylic acids is 1. The Morgan fingerprint density at radius 3 is 2.35 bits per heavy atom. The lowest BCUT2D eigenvalue weighted by molar-refractivity contribution is -0.155. The Labute approximate surface area is 120 Å². The van der Waals surface area contributed by atoms with Crippen LogP contribution in [0.4, 0.5) is 0 Å². The lowest BCUT2D eigenvalue weighted by atomic mass is 9.44. The number of hydrogen-bond donors (Lipinski definition) is 2. The molecule has 1 amide bonds. The average molecular weight is 300 g/mol. The maximum Gasteiger partial charge on any atom is 0.226 e. The van der Waals surface area contributed by atoms with Crippen molar-refractivity contribution in [1.82, 2.24) is 5.32 Å². The predicted octanol–water partition coefficient (Wildman–Crippen LogP) is 0.998. The summed E-state index contributed by atoms with van der Waals surface area (Å²) in [4.78, 5) is 12.6. The molecular formula is C14H24N2O3S. The van der Waals surface area contributed by atoms with Crippen molar-refractivity contribution in [2.45, 2.75) is 45.4 Å². The Kier molecular flexibility index (Phi) is 3.18. The molecular weight excluding hydrogens is 276 g/mol. The maximum atomic E-state index is 12.6. The van der Waals surface area contributed by atoms with E-state index in [4.69, 9.17) is 5.14 Å². The molecule has 4 aliphatic carbocycles. The van der Waals surface area contributed by atoms with Crippen LogP contribution in [0.5, 0.6) is 0 Å². The zero-order chi connectivity index (χ0) is 14.6. The topological polar surface area (TPSA) is 89.3 Å². The van der Waals surface area contributed by atoms with E-state index < -0.39 is 10.0 Å². The molecule has 0 saturated heterocycles. The van der Waals surface area contributed by atoms with Crippen molar-refractivity contribution in [2.75, 3.05) is 12.3 Å². The van der Waals surface area contributed by atoms with E-state index in [9.17, 15) is 13.2 Å². The van der Waals surface area contributed by atoms with Crippen molar-refractivity contribution in [3.63, 3.8) is 0 Å². The molecule has 4 bridgehead atoms. The van der Waals surface area contributed by atoms with Crippen molar-refractivity contribution in [3.05, 3.63) is 0 Å². The summed E-state index contributed by atoms with van der Waals surface area (Å²) in [7, 11) is -3.50. The molecule has 114 valence electrons. The number of primary sulfonamides is 1. The van der Waals surface area contributed by atoms with Crippen molar-refractivity contribution < 1.29 is 13.2 Å². The first-order valence-corrected chi connectivity index (χ1v) is 9.20. The van der Waals surface area contributed by atoms with E-state index in [1.165, 1.54) is 19.3 Å².